The molecule has 0 aromatic heterocycles. The molecule has 29 heavy (non-hydrogen) atoms. The number of hydrogen-bond donors (Lipinski definition) is 1. The van der Waals surface area contributed by atoms with Gasteiger partial charge in [-0.05, 0) is 41.7 Å². The van der Waals surface area contributed by atoms with Gasteiger partial charge in [0.15, 0.2) is 0 Å². The normalized spacial score (nSPS) is 10.8. The Bertz CT molecular complexity index is 974. The van der Waals surface area contributed by atoms with Crippen LogP contribution in [0, 0.1) is 6.92 Å². The van der Waals surface area contributed by atoms with E-state index >= 15 is 0 Å². The average Bonchev–Trinajstić information content (AvgIpc) is 2.71. The lowest BCUT2D eigenvalue weighted by Gasteiger charge is -2.12. The fourth-order valence-electron chi connectivity index (χ4n) is 3.14. The van der Waals surface area contributed by atoms with Gasteiger partial charge in [0.05, 0.1) is 5.56 Å². The molecule has 0 atom stereocenters. The zero-order chi connectivity index (χ0) is 20.8. The molecular formula is C25H26O4. The maximum atomic E-state index is 11.5. The van der Waals surface area contributed by atoms with Crippen LogP contribution in [0.5, 0.6) is 11.5 Å². The Labute approximate surface area is 171 Å². The molecule has 1 N–H and O–H groups in total. The molecular weight excluding hydrogens is 364 g/mol. The Balaban J connectivity index is 1.63. The Morgan fingerprint density at radius 3 is 2.14 bits per heavy atom. The van der Waals surface area contributed by atoms with E-state index in [1.807, 2.05) is 30.3 Å². The third kappa shape index (κ3) is 5.38. The highest BCUT2D eigenvalue weighted by Gasteiger charge is 2.13. The van der Waals surface area contributed by atoms with Crippen LogP contribution in [0.15, 0.2) is 66.7 Å². The first-order valence-corrected chi connectivity index (χ1v) is 9.70. The lowest BCUT2D eigenvalue weighted by molar-refractivity contribution is 0.0693. The number of carbonyl (C=O) groups is 1. The lowest BCUT2D eigenvalue weighted by atomic mass is 10.0. The summed E-state index contributed by atoms with van der Waals surface area (Å²) in [5, 5.41) is 9.44. The van der Waals surface area contributed by atoms with Gasteiger partial charge in [0.25, 0.3) is 0 Å². The molecule has 0 aliphatic rings. The van der Waals surface area contributed by atoms with Gasteiger partial charge in [-0.2, -0.15) is 0 Å². The Morgan fingerprint density at radius 2 is 1.52 bits per heavy atom. The van der Waals surface area contributed by atoms with Crippen LogP contribution < -0.4 is 9.47 Å². The van der Waals surface area contributed by atoms with Gasteiger partial charge in [-0.1, -0.05) is 62.4 Å². The summed E-state index contributed by atoms with van der Waals surface area (Å²) in [5.41, 5.74) is 4.07. The lowest BCUT2D eigenvalue weighted by Crippen LogP contribution is -2.07. The zero-order valence-corrected chi connectivity index (χ0v) is 17.0. The second kappa shape index (κ2) is 9.28. The highest BCUT2D eigenvalue weighted by molar-refractivity contribution is 5.91. The molecule has 3 aromatic rings. The van der Waals surface area contributed by atoms with Gasteiger partial charge in [0.1, 0.15) is 24.7 Å². The molecule has 0 radical (unpaired) electrons. The standard InChI is InChI=1S/C25H26O4/c1-17(2)20-12-10-19(11-13-20)15-28-22-8-5-9-23(14-22)29-16-21-7-4-6-18(3)24(21)25(26)27/h4-14,17H,15-16H2,1-3H3,(H,26,27). The summed E-state index contributed by atoms with van der Waals surface area (Å²) in [6, 6.07) is 21.2. The highest BCUT2D eigenvalue weighted by atomic mass is 16.5. The van der Waals surface area contributed by atoms with Crippen molar-refractivity contribution in [3.8, 4) is 11.5 Å². The minimum Gasteiger partial charge on any atom is -0.489 e. The van der Waals surface area contributed by atoms with E-state index < -0.39 is 5.97 Å². The molecule has 0 aliphatic carbocycles. The van der Waals surface area contributed by atoms with Crippen molar-refractivity contribution < 1.29 is 19.4 Å². The SMILES string of the molecule is Cc1cccc(COc2cccc(OCc3ccc(C(C)C)cc3)c2)c1C(=O)O. The maximum Gasteiger partial charge on any atom is 0.336 e. The molecule has 0 aliphatic heterocycles. The molecule has 0 bridgehead atoms. The predicted octanol–water partition coefficient (Wildman–Crippen LogP) is 5.97. The van der Waals surface area contributed by atoms with Crippen LogP contribution in [0.25, 0.3) is 0 Å². The smallest absolute Gasteiger partial charge is 0.336 e. The highest BCUT2D eigenvalue weighted by Crippen LogP contribution is 2.23. The minimum atomic E-state index is -0.942. The summed E-state index contributed by atoms with van der Waals surface area (Å²) >= 11 is 0. The van der Waals surface area contributed by atoms with E-state index in [2.05, 4.69) is 38.1 Å². The van der Waals surface area contributed by atoms with Gasteiger partial charge >= 0.3 is 5.97 Å². The zero-order valence-electron chi connectivity index (χ0n) is 17.0. The van der Waals surface area contributed by atoms with Crippen molar-refractivity contribution in [2.45, 2.75) is 39.9 Å². The number of rotatable bonds is 8. The monoisotopic (exact) mass is 390 g/mol. The van der Waals surface area contributed by atoms with E-state index in [1.54, 1.807) is 19.1 Å². The topological polar surface area (TPSA) is 55.8 Å². The summed E-state index contributed by atoms with van der Waals surface area (Å²) in [6.07, 6.45) is 0. The summed E-state index contributed by atoms with van der Waals surface area (Å²) in [6.45, 7) is 6.79. The largest absolute Gasteiger partial charge is 0.489 e. The van der Waals surface area contributed by atoms with Crippen LogP contribution in [0.3, 0.4) is 0 Å². The van der Waals surface area contributed by atoms with E-state index in [-0.39, 0.29) is 6.61 Å². The second-order valence-electron chi connectivity index (χ2n) is 7.36. The number of hydrogen-bond acceptors (Lipinski definition) is 3. The molecule has 0 unspecified atom stereocenters. The average molecular weight is 390 g/mol. The van der Waals surface area contributed by atoms with Crippen LogP contribution in [-0.4, -0.2) is 11.1 Å². The van der Waals surface area contributed by atoms with Crippen molar-refractivity contribution in [2.75, 3.05) is 0 Å². The number of benzene rings is 3. The van der Waals surface area contributed by atoms with Crippen molar-refractivity contribution >= 4 is 5.97 Å². The molecule has 4 nitrogen and oxygen atoms in total. The number of aryl methyl sites for hydroxylation is 1. The van der Waals surface area contributed by atoms with Gasteiger partial charge in [0, 0.05) is 11.6 Å². The third-order valence-electron chi connectivity index (χ3n) is 4.82. The summed E-state index contributed by atoms with van der Waals surface area (Å²) in [4.78, 5) is 11.5. The molecule has 3 rings (SSSR count). The van der Waals surface area contributed by atoms with E-state index in [1.165, 1.54) is 5.56 Å². The minimum absolute atomic E-state index is 0.184. The molecule has 0 heterocycles. The van der Waals surface area contributed by atoms with E-state index in [0.29, 0.717) is 35.2 Å². The van der Waals surface area contributed by atoms with Gasteiger partial charge < -0.3 is 14.6 Å². The van der Waals surface area contributed by atoms with Crippen LogP contribution in [0.2, 0.25) is 0 Å². The first-order chi connectivity index (χ1) is 13.9. The van der Waals surface area contributed by atoms with Gasteiger partial charge in [-0.25, -0.2) is 4.79 Å². The number of carboxylic acid groups (broad SMARTS) is 1. The second-order valence-corrected chi connectivity index (χ2v) is 7.36. The fourth-order valence-corrected chi connectivity index (χ4v) is 3.14. The van der Waals surface area contributed by atoms with Crippen LogP contribution in [0.4, 0.5) is 0 Å². The quantitative estimate of drug-likeness (QED) is 0.514. The fraction of sp³-hybridized carbons (Fsp3) is 0.240. The number of ether oxygens (including phenoxy) is 2. The van der Waals surface area contributed by atoms with Crippen LogP contribution >= 0.6 is 0 Å². The van der Waals surface area contributed by atoms with Crippen molar-refractivity contribution in [1.29, 1.82) is 0 Å². The molecule has 4 heteroatoms. The van der Waals surface area contributed by atoms with Gasteiger partial charge in [-0.15, -0.1) is 0 Å². The summed E-state index contributed by atoms with van der Waals surface area (Å²) in [7, 11) is 0. The van der Waals surface area contributed by atoms with Crippen molar-refractivity contribution in [2.24, 2.45) is 0 Å². The molecule has 0 spiro atoms. The van der Waals surface area contributed by atoms with E-state index in [4.69, 9.17) is 9.47 Å². The predicted molar refractivity (Wildman–Crippen MR) is 114 cm³/mol. The summed E-state index contributed by atoms with van der Waals surface area (Å²) < 4.78 is 11.7. The van der Waals surface area contributed by atoms with Gasteiger partial charge in [0.2, 0.25) is 0 Å². The molecule has 0 saturated carbocycles. The van der Waals surface area contributed by atoms with Crippen molar-refractivity contribution in [3.63, 3.8) is 0 Å². The number of aromatic carboxylic acids is 1. The van der Waals surface area contributed by atoms with E-state index in [9.17, 15) is 9.90 Å². The first kappa shape index (κ1) is 20.5. The molecule has 3 aromatic carbocycles. The number of carboxylic acids is 1. The maximum absolute atomic E-state index is 11.5. The summed E-state index contributed by atoms with van der Waals surface area (Å²) in [5.74, 6) is 0.907. The Kier molecular flexibility index (Phi) is 6.55. The van der Waals surface area contributed by atoms with Crippen molar-refractivity contribution in [3.05, 3.63) is 94.5 Å². The van der Waals surface area contributed by atoms with Crippen LogP contribution in [-0.2, 0) is 13.2 Å². The first-order valence-electron chi connectivity index (χ1n) is 9.70. The molecule has 0 saturated heterocycles. The third-order valence-corrected chi connectivity index (χ3v) is 4.82. The Morgan fingerprint density at radius 1 is 0.897 bits per heavy atom. The van der Waals surface area contributed by atoms with E-state index in [0.717, 1.165) is 11.1 Å². The molecule has 0 fully saturated rings. The van der Waals surface area contributed by atoms with Crippen molar-refractivity contribution in [1.82, 2.24) is 0 Å². The van der Waals surface area contributed by atoms with Gasteiger partial charge in [-0.3, -0.25) is 0 Å². The molecule has 150 valence electrons. The van der Waals surface area contributed by atoms with Crippen LogP contribution in [0.1, 0.15) is 52.4 Å². The molecule has 0 amide bonds. The Hall–Kier alpha value is -3.27.